The van der Waals surface area contributed by atoms with E-state index in [0.717, 1.165) is 30.9 Å². The lowest BCUT2D eigenvalue weighted by Crippen LogP contribution is -2.62. The summed E-state index contributed by atoms with van der Waals surface area (Å²) in [7, 11) is 0. The van der Waals surface area contributed by atoms with E-state index in [1.807, 2.05) is 6.07 Å². The molecule has 2 aliphatic heterocycles. The van der Waals surface area contributed by atoms with Crippen molar-refractivity contribution in [3.05, 3.63) is 33.9 Å². The lowest BCUT2D eigenvalue weighted by molar-refractivity contribution is -0.384. The SMILES string of the molecule is CC(C)CNC(=O)C1Cc2cc([N+](=O)[O-])ccc2N2CCN(C3CCCC3)CC12. The number of piperazine rings is 1. The normalized spacial score (nSPS) is 25.0. The predicted octanol–water partition coefficient (Wildman–Crippen LogP) is 2.97. The Labute approximate surface area is 172 Å². The average Bonchev–Trinajstić information content (AvgIpc) is 3.25. The highest BCUT2D eigenvalue weighted by Gasteiger charge is 2.43. The van der Waals surface area contributed by atoms with Gasteiger partial charge in [0.1, 0.15) is 0 Å². The Bertz CT molecular complexity index is 775. The molecular weight excluding hydrogens is 368 g/mol. The second-order valence-electron chi connectivity index (χ2n) is 9.21. The van der Waals surface area contributed by atoms with Crippen LogP contribution < -0.4 is 10.2 Å². The molecule has 4 rings (SSSR count). The fourth-order valence-corrected chi connectivity index (χ4v) is 5.28. The maximum atomic E-state index is 13.1. The van der Waals surface area contributed by atoms with E-state index in [9.17, 15) is 14.9 Å². The minimum Gasteiger partial charge on any atom is -0.365 e. The quantitative estimate of drug-likeness (QED) is 0.607. The zero-order valence-electron chi connectivity index (χ0n) is 17.5. The Balaban J connectivity index is 1.62. The first-order chi connectivity index (χ1) is 13.9. The standard InChI is InChI=1S/C22H32N4O3/c1-15(2)13-23-22(27)19-12-16-11-18(26(28)29)7-8-20(16)25-10-9-24(14-21(19)25)17-5-3-4-6-17/h7-8,11,15,17,19,21H,3-6,9-10,12-14H2,1-2H3,(H,23,27). The fraction of sp³-hybridized carbons (Fsp3) is 0.682. The Morgan fingerprint density at radius 3 is 2.72 bits per heavy atom. The summed E-state index contributed by atoms with van der Waals surface area (Å²) in [4.78, 5) is 29.0. The number of carbonyl (C=O) groups excluding carboxylic acids is 1. The molecule has 0 bridgehead atoms. The molecule has 0 aromatic heterocycles. The van der Waals surface area contributed by atoms with Gasteiger partial charge in [0.2, 0.25) is 5.91 Å². The molecule has 158 valence electrons. The van der Waals surface area contributed by atoms with E-state index < -0.39 is 0 Å². The molecule has 2 fully saturated rings. The van der Waals surface area contributed by atoms with Crippen LogP contribution in [0.1, 0.15) is 45.1 Å². The molecule has 0 spiro atoms. The summed E-state index contributed by atoms with van der Waals surface area (Å²) < 4.78 is 0. The van der Waals surface area contributed by atoms with Gasteiger partial charge in [-0.3, -0.25) is 19.8 Å². The van der Waals surface area contributed by atoms with Crippen molar-refractivity contribution in [1.29, 1.82) is 0 Å². The number of nitro groups is 1. The van der Waals surface area contributed by atoms with Crippen LogP contribution in [0.3, 0.4) is 0 Å². The van der Waals surface area contributed by atoms with Gasteiger partial charge in [0.25, 0.3) is 5.69 Å². The van der Waals surface area contributed by atoms with Crippen LogP contribution in [0.25, 0.3) is 0 Å². The molecule has 7 heteroatoms. The number of nitro benzene ring substituents is 1. The predicted molar refractivity (Wildman–Crippen MR) is 113 cm³/mol. The summed E-state index contributed by atoms with van der Waals surface area (Å²) in [5.41, 5.74) is 2.10. The van der Waals surface area contributed by atoms with E-state index in [1.54, 1.807) is 12.1 Å². The molecule has 29 heavy (non-hydrogen) atoms. The number of hydrogen-bond acceptors (Lipinski definition) is 5. The average molecular weight is 401 g/mol. The van der Waals surface area contributed by atoms with Crippen molar-refractivity contribution in [2.24, 2.45) is 11.8 Å². The minimum absolute atomic E-state index is 0.0825. The molecule has 1 amide bonds. The van der Waals surface area contributed by atoms with Gasteiger partial charge in [0, 0.05) is 50.0 Å². The first-order valence-electron chi connectivity index (χ1n) is 11.0. The topological polar surface area (TPSA) is 78.7 Å². The highest BCUT2D eigenvalue weighted by atomic mass is 16.6. The summed E-state index contributed by atoms with van der Waals surface area (Å²) in [5.74, 6) is 0.306. The largest absolute Gasteiger partial charge is 0.365 e. The molecule has 1 aromatic carbocycles. The van der Waals surface area contributed by atoms with Crippen LogP contribution in [0.4, 0.5) is 11.4 Å². The van der Waals surface area contributed by atoms with Crippen LogP contribution in [0.5, 0.6) is 0 Å². The highest BCUT2D eigenvalue weighted by Crippen LogP contribution is 2.39. The van der Waals surface area contributed by atoms with Gasteiger partial charge in [-0.15, -0.1) is 0 Å². The van der Waals surface area contributed by atoms with Gasteiger partial charge in [-0.05, 0) is 36.8 Å². The van der Waals surface area contributed by atoms with Gasteiger partial charge < -0.3 is 10.2 Å². The lowest BCUT2D eigenvalue weighted by atomic mass is 9.82. The maximum absolute atomic E-state index is 13.1. The van der Waals surface area contributed by atoms with Gasteiger partial charge in [-0.2, -0.15) is 0 Å². The molecule has 1 N–H and O–H groups in total. The Morgan fingerprint density at radius 2 is 2.03 bits per heavy atom. The number of benzene rings is 1. The maximum Gasteiger partial charge on any atom is 0.269 e. The molecule has 1 saturated carbocycles. The Hall–Kier alpha value is -2.15. The van der Waals surface area contributed by atoms with Crippen molar-refractivity contribution in [2.75, 3.05) is 31.1 Å². The van der Waals surface area contributed by atoms with Crippen LogP contribution in [0.2, 0.25) is 0 Å². The minimum atomic E-state index is -0.349. The lowest BCUT2D eigenvalue weighted by Gasteiger charge is -2.50. The van der Waals surface area contributed by atoms with Crippen molar-refractivity contribution >= 4 is 17.3 Å². The van der Waals surface area contributed by atoms with Gasteiger partial charge in [0.15, 0.2) is 0 Å². The van der Waals surface area contributed by atoms with Crippen molar-refractivity contribution < 1.29 is 9.72 Å². The number of carbonyl (C=O) groups is 1. The summed E-state index contributed by atoms with van der Waals surface area (Å²) >= 11 is 0. The number of fused-ring (bicyclic) bond motifs is 3. The number of rotatable bonds is 5. The second kappa shape index (κ2) is 8.30. The summed E-state index contributed by atoms with van der Waals surface area (Å²) in [6.07, 6.45) is 5.71. The number of nitrogens with zero attached hydrogens (tertiary/aromatic N) is 3. The monoisotopic (exact) mass is 400 g/mol. The van der Waals surface area contributed by atoms with Crippen molar-refractivity contribution in [2.45, 2.75) is 58.0 Å². The smallest absolute Gasteiger partial charge is 0.269 e. The van der Waals surface area contributed by atoms with E-state index in [-0.39, 0.29) is 28.5 Å². The van der Waals surface area contributed by atoms with E-state index >= 15 is 0 Å². The Kier molecular flexibility index (Phi) is 5.76. The fourth-order valence-electron chi connectivity index (χ4n) is 5.28. The summed E-state index contributed by atoms with van der Waals surface area (Å²) in [6, 6.07) is 5.92. The third kappa shape index (κ3) is 4.10. The van der Waals surface area contributed by atoms with Crippen molar-refractivity contribution in [3.8, 4) is 0 Å². The zero-order valence-corrected chi connectivity index (χ0v) is 17.5. The third-order valence-electron chi connectivity index (χ3n) is 6.80. The molecular formula is C22H32N4O3. The molecule has 2 heterocycles. The van der Waals surface area contributed by atoms with Crippen molar-refractivity contribution in [3.63, 3.8) is 0 Å². The highest BCUT2D eigenvalue weighted by molar-refractivity contribution is 5.82. The molecule has 1 saturated heterocycles. The van der Waals surface area contributed by atoms with Gasteiger partial charge in [0.05, 0.1) is 16.9 Å². The second-order valence-corrected chi connectivity index (χ2v) is 9.21. The number of amides is 1. The van der Waals surface area contributed by atoms with E-state index in [1.165, 1.54) is 25.7 Å². The number of nitrogens with one attached hydrogen (secondary N) is 1. The first kappa shape index (κ1) is 20.1. The van der Waals surface area contributed by atoms with Crippen molar-refractivity contribution in [1.82, 2.24) is 10.2 Å². The summed E-state index contributed by atoms with van der Waals surface area (Å²) in [5, 5.41) is 14.4. The van der Waals surface area contributed by atoms with Gasteiger partial charge in [-0.1, -0.05) is 26.7 Å². The van der Waals surface area contributed by atoms with Crippen LogP contribution in [0, 0.1) is 22.0 Å². The molecule has 2 atom stereocenters. The molecule has 1 aromatic rings. The first-order valence-corrected chi connectivity index (χ1v) is 11.0. The molecule has 7 nitrogen and oxygen atoms in total. The molecule has 2 unspecified atom stereocenters. The van der Waals surface area contributed by atoms with E-state index in [2.05, 4.69) is 29.0 Å². The number of hydrogen-bond donors (Lipinski definition) is 1. The van der Waals surface area contributed by atoms with Crippen LogP contribution >= 0.6 is 0 Å². The number of non-ortho nitro benzene ring substituents is 1. The van der Waals surface area contributed by atoms with E-state index in [0.29, 0.717) is 24.9 Å². The molecule has 3 aliphatic rings. The van der Waals surface area contributed by atoms with E-state index in [4.69, 9.17) is 0 Å². The van der Waals surface area contributed by atoms with Crippen LogP contribution in [-0.4, -0.2) is 54.0 Å². The third-order valence-corrected chi connectivity index (χ3v) is 6.80. The number of anilines is 1. The molecule has 1 aliphatic carbocycles. The van der Waals surface area contributed by atoms with Crippen LogP contribution in [-0.2, 0) is 11.2 Å². The molecule has 0 radical (unpaired) electrons. The van der Waals surface area contributed by atoms with Gasteiger partial charge >= 0.3 is 0 Å². The van der Waals surface area contributed by atoms with Crippen LogP contribution in [0.15, 0.2) is 18.2 Å². The summed E-state index contributed by atoms with van der Waals surface area (Å²) in [6.45, 7) is 7.62. The Morgan fingerprint density at radius 1 is 1.28 bits per heavy atom. The zero-order chi connectivity index (χ0) is 20.5. The van der Waals surface area contributed by atoms with Gasteiger partial charge in [-0.25, -0.2) is 0 Å².